The molecule has 0 bridgehead atoms. The van der Waals surface area contributed by atoms with Gasteiger partial charge in [0, 0.05) is 10.5 Å². The van der Waals surface area contributed by atoms with Gasteiger partial charge in [0.05, 0.1) is 0 Å². The molecule has 0 heterocycles. The Labute approximate surface area is 108 Å². The summed E-state index contributed by atoms with van der Waals surface area (Å²) in [6.07, 6.45) is 0. The van der Waals surface area contributed by atoms with Crippen molar-refractivity contribution >= 4 is 15.9 Å². The first-order chi connectivity index (χ1) is 8.15. The van der Waals surface area contributed by atoms with Crippen LogP contribution in [0.2, 0.25) is 0 Å². The van der Waals surface area contributed by atoms with Crippen molar-refractivity contribution in [3.8, 4) is 5.75 Å². The van der Waals surface area contributed by atoms with Crippen LogP contribution in [0.25, 0.3) is 0 Å². The van der Waals surface area contributed by atoms with Crippen LogP contribution in [0.3, 0.4) is 0 Å². The van der Waals surface area contributed by atoms with Crippen molar-refractivity contribution < 1.29 is 9.13 Å². The quantitative estimate of drug-likeness (QED) is 0.811. The topological polar surface area (TPSA) is 9.23 Å². The van der Waals surface area contributed by atoms with Crippen molar-refractivity contribution in [3.05, 3.63) is 63.9 Å². The van der Waals surface area contributed by atoms with Crippen molar-refractivity contribution in [2.45, 2.75) is 13.5 Å². The second kappa shape index (κ2) is 5.32. The molecule has 0 aliphatic rings. The van der Waals surface area contributed by atoms with E-state index < -0.39 is 0 Å². The molecule has 0 amide bonds. The molecule has 0 spiro atoms. The summed E-state index contributed by atoms with van der Waals surface area (Å²) in [5.41, 5.74) is 1.99. The molecule has 88 valence electrons. The normalized spacial score (nSPS) is 10.3. The Morgan fingerprint density at radius 3 is 2.53 bits per heavy atom. The van der Waals surface area contributed by atoms with Crippen molar-refractivity contribution in [1.82, 2.24) is 0 Å². The SMILES string of the molecule is Cc1ccc(F)cc1OCc1ccc(Br)cc1. The van der Waals surface area contributed by atoms with Gasteiger partial charge < -0.3 is 4.74 Å². The number of benzene rings is 2. The lowest BCUT2D eigenvalue weighted by Gasteiger charge is -2.09. The van der Waals surface area contributed by atoms with Crippen molar-refractivity contribution in [2.75, 3.05) is 0 Å². The molecule has 0 radical (unpaired) electrons. The molecule has 0 aliphatic heterocycles. The third-order valence-electron chi connectivity index (χ3n) is 2.46. The minimum atomic E-state index is -0.276. The number of rotatable bonds is 3. The molecule has 0 aromatic heterocycles. The fourth-order valence-corrected chi connectivity index (χ4v) is 1.74. The van der Waals surface area contributed by atoms with Crippen molar-refractivity contribution in [3.63, 3.8) is 0 Å². The molecule has 0 unspecified atom stereocenters. The summed E-state index contributed by atoms with van der Waals surface area (Å²) in [7, 11) is 0. The van der Waals surface area contributed by atoms with Crippen LogP contribution in [0.1, 0.15) is 11.1 Å². The standard InChI is InChI=1S/C14H12BrFO/c1-10-2-7-13(16)8-14(10)17-9-11-3-5-12(15)6-4-11/h2-8H,9H2,1H3. The molecule has 2 rings (SSSR count). The maximum atomic E-state index is 13.0. The highest BCUT2D eigenvalue weighted by molar-refractivity contribution is 9.10. The predicted octanol–water partition coefficient (Wildman–Crippen LogP) is 4.48. The van der Waals surface area contributed by atoms with Crippen LogP contribution in [-0.2, 0) is 6.61 Å². The Hall–Kier alpha value is -1.35. The van der Waals surface area contributed by atoms with E-state index in [4.69, 9.17) is 4.74 Å². The molecule has 0 atom stereocenters. The predicted molar refractivity (Wildman–Crippen MR) is 69.6 cm³/mol. The lowest BCUT2D eigenvalue weighted by molar-refractivity contribution is 0.302. The Morgan fingerprint density at radius 1 is 1.12 bits per heavy atom. The number of hydrogen-bond acceptors (Lipinski definition) is 1. The summed E-state index contributed by atoms with van der Waals surface area (Å²) in [4.78, 5) is 0. The minimum Gasteiger partial charge on any atom is -0.489 e. The summed E-state index contributed by atoms with van der Waals surface area (Å²) in [6, 6.07) is 12.4. The van der Waals surface area contributed by atoms with Gasteiger partial charge in [0.25, 0.3) is 0 Å². The first kappa shape index (κ1) is 12.1. The number of ether oxygens (including phenoxy) is 1. The van der Waals surface area contributed by atoms with E-state index in [1.807, 2.05) is 31.2 Å². The van der Waals surface area contributed by atoms with Crippen LogP contribution in [0.4, 0.5) is 4.39 Å². The molecule has 1 nitrogen and oxygen atoms in total. The molecule has 17 heavy (non-hydrogen) atoms. The number of halogens is 2. The minimum absolute atomic E-state index is 0.276. The molecule has 3 heteroatoms. The molecule has 2 aromatic rings. The van der Waals surface area contributed by atoms with Crippen LogP contribution in [0.5, 0.6) is 5.75 Å². The Bertz CT molecular complexity index is 508. The van der Waals surface area contributed by atoms with Crippen LogP contribution in [0.15, 0.2) is 46.9 Å². The molecule has 0 saturated heterocycles. The zero-order valence-electron chi connectivity index (χ0n) is 9.41. The lowest BCUT2D eigenvalue weighted by atomic mass is 10.2. The first-order valence-electron chi connectivity index (χ1n) is 5.28. The van der Waals surface area contributed by atoms with Crippen molar-refractivity contribution in [1.29, 1.82) is 0 Å². The highest BCUT2D eigenvalue weighted by Crippen LogP contribution is 2.20. The number of hydrogen-bond donors (Lipinski definition) is 0. The van der Waals surface area contributed by atoms with E-state index in [2.05, 4.69) is 15.9 Å². The molecule has 0 N–H and O–H groups in total. The smallest absolute Gasteiger partial charge is 0.126 e. The summed E-state index contributed by atoms with van der Waals surface area (Å²) in [5, 5.41) is 0. The van der Waals surface area contributed by atoms with Gasteiger partial charge in [0.1, 0.15) is 18.2 Å². The van der Waals surface area contributed by atoms with E-state index in [0.717, 1.165) is 15.6 Å². The van der Waals surface area contributed by atoms with Crippen molar-refractivity contribution in [2.24, 2.45) is 0 Å². The van der Waals surface area contributed by atoms with E-state index >= 15 is 0 Å². The summed E-state index contributed by atoms with van der Waals surface area (Å²) in [6.45, 7) is 2.34. The average molecular weight is 295 g/mol. The highest BCUT2D eigenvalue weighted by atomic mass is 79.9. The zero-order chi connectivity index (χ0) is 12.3. The van der Waals surface area contributed by atoms with Crippen LogP contribution in [0, 0.1) is 12.7 Å². The number of aryl methyl sites for hydroxylation is 1. The van der Waals surface area contributed by atoms with Gasteiger partial charge >= 0.3 is 0 Å². The van der Waals surface area contributed by atoms with E-state index in [0.29, 0.717) is 12.4 Å². The maximum Gasteiger partial charge on any atom is 0.126 e. The van der Waals surface area contributed by atoms with E-state index in [1.165, 1.54) is 12.1 Å². The Morgan fingerprint density at radius 2 is 1.82 bits per heavy atom. The summed E-state index contributed by atoms with van der Waals surface area (Å²) >= 11 is 3.37. The third-order valence-corrected chi connectivity index (χ3v) is 2.99. The molecular weight excluding hydrogens is 283 g/mol. The van der Waals surface area contributed by atoms with Gasteiger partial charge in [-0.25, -0.2) is 4.39 Å². The lowest BCUT2D eigenvalue weighted by Crippen LogP contribution is -1.97. The second-order valence-corrected chi connectivity index (χ2v) is 4.74. The van der Waals surface area contributed by atoms with Crippen LogP contribution >= 0.6 is 15.9 Å². The molecule has 0 fully saturated rings. The van der Waals surface area contributed by atoms with Gasteiger partial charge in [-0.05, 0) is 36.2 Å². The van der Waals surface area contributed by atoms with E-state index in [9.17, 15) is 4.39 Å². The van der Waals surface area contributed by atoms with Gasteiger partial charge in [0.2, 0.25) is 0 Å². The molecule has 0 aliphatic carbocycles. The van der Waals surface area contributed by atoms with Crippen LogP contribution < -0.4 is 4.74 Å². The summed E-state index contributed by atoms with van der Waals surface area (Å²) in [5.74, 6) is 0.314. The highest BCUT2D eigenvalue weighted by Gasteiger charge is 2.02. The van der Waals surface area contributed by atoms with Gasteiger partial charge in [-0.15, -0.1) is 0 Å². The largest absolute Gasteiger partial charge is 0.489 e. The fourth-order valence-electron chi connectivity index (χ4n) is 1.47. The fraction of sp³-hybridized carbons (Fsp3) is 0.143. The van der Waals surface area contributed by atoms with Gasteiger partial charge in [-0.2, -0.15) is 0 Å². The summed E-state index contributed by atoms with van der Waals surface area (Å²) < 4.78 is 19.7. The average Bonchev–Trinajstić information content (AvgIpc) is 2.32. The van der Waals surface area contributed by atoms with Gasteiger partial charge in [0.15, 0.2) is 0 Å². The molecule has 2 aromatic carbocycles. The third kappa shape index (κ3) is 3.30. The monoisotopic (exact) mass is 294 g/mol. The Kier molecular flexibility index (Phi) is 3.79. The van der Waals surface area contributed by atoms with Gasteiger partial charge in [-0.3, -0.25) is 0 Å². The zero-order valence-corrected chi connectivity index (χ0v) is 11.0. The van der Waals surface area contributed by atoms with E-state index in [1.54, 1.807) is 6.07 Å². The van der Waals surface area contributed by atoms with Gasteiger partial charge in [-0.1, -0.05) is 34.1 Å². The first-order valence-corrected chi connectivity index (χ1v) is 6.08. The molecule has 0 saturated carbocycles. The van der Waals surface area contributed by atoms with Crippen LogP contribution in [-0.4, -0.2) is 0 Å². The maximum absolute atomic E-state index is 13.0. The molecular formula is C14H12BrFO. The van der Waals surface area contributed by atoms with E-state index in [-0.39, 0.29) is 5.82 Å². The Balaban J connectivity index is 2.07. The second-order valence-electron chi connectivity index (χ2n) is 3.82.